The van der Waals surface area contributed by atoms with Crippen LogP contribution in [-0.4, -0.2) is 16.1 Å². The van der Waals surface area contributed by atoms with Gasteiger partial charge in [0.2, 0.25) is 0 Å². The van der Waals surface area contributed by atoms with Gasteiger partial charge in [-0.3, -0.25) is 9.89 Å². The number of benzene rings is 2. The number of hydrogen-bond donors (Lipinski definition) is 2. The zero-order valence-electron chi connectivity index (χ0n) is 10.8. The van der Waals surface area contributed by atoms with E-state index in [0.717, 1.165) is 10.9 Å². The second-order valence-electron chi connectivity index (χ2n) is 4.56. The molecular weight excluding hydrogens is 257 g/mol. The van der Waals surface area contributed by atoms with Gasteiger partial charge in [0.1, 0.15) is 5.82 Å². The third kappa shape index (κ3) is 2.14. The zero-order valence-corrected chi connectivity index (χ0v) is 10.8. The summed E-state index contributed by atoms with van der Waals surface area (Å²) in [5.41, 5.74) is 2.27. The van der Waals surface area contributed by atoms with Crippen molar-refractivity contribution in [2.75, 3.05) is 5.32 Å². The molecule has 2 N–H and O–H groups in total. The topological polar surface area (TPSA) is 57.8 Å². The van der Waals surface area contributed by atoms with Crippen LogP contribution in [0, 0.1) is 12.7 Å². The van der Waals surface area contributed by atoms with Crippen LogP contribution in [-0.2, 0) is 0 Å². The molecule has 100 valence electrons. The zero-order chi connectivity index (χ0) is 14.1. The molecule has 3 aromatic rings. The minimum absolute atomic E-state index is 0.282. The molecule has 0 fully saturated rings. The molecular formula is C15H12FN3O. The van der Waals surface area contributed by atoms with Crippen LogP contribution in [0.5, 0.6) is 0 Å². The number of carbonyl (C=O) groups is 1. The van der Waals surface area contributed by atoms with E-state index in [-0.39, 0.29) is 11.7 Å². The lowest BCUT2D eigenvalue weighted by atomic mass is 10.1. The second kappa shape index (κ2) is 4.77. The Labute approximate surface area is 114 Å². The molecule has 0 aliphatic heterocycles. The molecule has 0 saturated heterocycles. The van der Waals surface area contributed by atoms with Crippen LogP contribution in [0.1, 0.15) is 15.9 Å². The highest BCUT2D eigenvalue weighted by Crippen LogP contribution is 2.21. The Kier molecular flexibility index (Phi) is 2.95. The molecule has 0 bridgehead atoms. The Hall–Kier alpha value is -2.69. The molecule has 0 aliphatic carbocycles. The lowest BCUT2D eigenvalue weighted by Crippen LogP contribution is -2.12. The van der Waals surface area contributed by atoms with Gasteiger partial charge in [0.15, 0.2) is 0 Å². The summed E-state index contributed by atoms with van der Waals surface area (Å²) in [6, 6.07) is 9.80. The van der Waals surface area contributed by atoms with Crippen molar-refractivity contribution in [2.24, 2.45) is 0 Å². The standard InChI is InChI=1S/C15H12FN3O/c1-9-7-10(5-6-12(9)16)15(20)18-13-4-2-3-11-8-17-19-14(11)13/h2-8H,1H3,(H,17,19)(H,18,20). The van der Waals surface area contributed by atoms with Crippen molar-refractivity contribution in [3.05, 3.63) is 59.5 Å². The first-order valence-corrected chi connectivity index (χ1v) is 6.15. The fourth-order valence-corrected chi connectivity index (χ4v) is 2.05. The number of carbonyl (C=O) groups excluding carboxylic acids is 1. The average molecular weight is 269 g/mol. The number of para-hydroxylation sites is 1. The summed E-state index contributed by atoms with van der Waals surface area (Å²) in [6.45, 7) is 1.63. The van der Waals surface area contributed by atoms with E-state index in [1.165, 1.54) is 18.2 Å². The summed E-state index contributed by atoms with van der Waals surface area (Å²) in [4.78, 5) is 12.2. The van der Waals surface area contributed by atoms with Crippen molar-refractivity contribution in [3.63, 3.8) is 0 Å². The highest BCUT2D eigenvalue weighted by atomic mass is 19.1. The van der Waals surface area contributed by atoms with Gasteiger partial charge in [-0.05, 0) is 36.8 Å². The first kappa shape index (κ1) is 12.3. The van der Waals surface area contributed by atoms with Crippen LogP contribution in [0.25, 0.3) is 10.9 Å². The third-order valence-electron chi connectivity index (χ3n) is 3.15. The fraction of sp³-hybridized carbons (Fsp3) is 0.0667. The predicted molar refractivity (Wildman–Crippen MR) is 75.2 cm³/mol. The predicted octanol–water partition coefficient (Wildman–Crippen LogP) is 3.26. The molecule has 4 nitrogen and oxygen atoms in total. The van der Waals surface area contributed by atoms with Crippen LogP contribution in [0.2, 0.25) is 0 Å². The SMILES string of the molecule is Cc1cc(C(=O)Nc2cccc3cn[nH]c23)ccc1F. The number of nitrogens with zero attached hydrogens (tertiary/aromatic N) is 1. The maximum atomic E-state index is 13.2. The van der Waals surface area contributed by atoms with E-state index in [0.29, 0.717) is 16.8 Å². The molecule has 0 unspecified atom stereocenters. The Morgan fingerprint density at radius 1 is 1.30 bits per heavy atom. The van der Waals surface area contributed by atoms with Crippen molar-refractivity contribution in [1.82, 2.24) is 10.2 Å². The molecule has 3 rings (SSSR count). The third-order valence-corrected chi connectivity index (χ3v) is 3.15. The molecule has 1 amide bonds. The van der Waals surface area contributed by atoms with E-state index < -0.39 is 0 Å². The number of aryl methyl sites for hydroxylation is 1. The van der Waals surface area contributed by atoms with E-state index in [1.807, 2.05) is 12.1 Å². The number of halogens is 1. The first-order chi connectivity index (χ1) is 9.65. The van der Waals surface area contributed by atoms with Gasteiger partial charge < -0.3 is 5.32 Å². The van der Waals surface area contributed by atoms with Crippen LogP contribution in [0.4, 0.5) is 10.1 Å². The van der Waals surface area contributed by atoms with E-state index in [4.69, 9.17) is 0 Å². The van der Waals surface area contributed by atoms with E-state index in [1.54, 1.807) is 19.2 Å². The Morgan fingerprint density at radius 2 is 2.15 bits per heavy atom. The molecule has 1 heterocycles. The highest BCUT2D eigenvalue weighted by Gasteiger charge is 2.10. The number of rotatable bonds is 2. The number of nitrogens with one attached hydrogen (secondary N) is 2. The molecule has 0 radical (unpaired) electrons. The molecule has 2 aromatic carbocycles. The van der Waals surface area contributed by atoms with E-state index in [9.17, 15) is 9.18 Å². The molecule has 0 spiro atoms. The summed E-state index contributed by atoms with van der Waals surface area (Å²) in [5.74, 6) is -0.604. The molecule has 0 aliphatic rings. The average Bonchev–Trinajstić information content (AvgIpc) is 2.91. The van der Waals surface area contributed by atoms with Crippen molar-refractivity contribution >= 4 is 22.5 Å². The number of anilines is 1. The summed E-state index contributed by atoms with van der Waals surface area (Å²) >= 11 is 0. The van der Waals surface area contributed by atoms with Crippen LogP contribution < -0.4 is 5.32 Å². The summed E-state index contributed by atoms with van der Waals surface area (Å²) in [7, 11) is 0. The number of aromatic nitrogens is 2. The molecule has 0 saturated carbocycles. The van der Waals surface area contributed by atoms with Gasteiger partial charge in [0, 0.05) is 10.9 Å². The summed E-state index contributed by atoms with van der Waals surface area (Å²) in [5, 5.41) is 10.5. The number of fused-ring (bicyclic) bond motifs is 1. The minimum Gasteiger partial charge on any atom is -0.320 e. The van der Waals surface area contributed by atoms with E-state index in [2.05, 4.69) is 15.5 Å². The maximum absolute atomic E-state index is 13.2. The van der Waals surface area contributed by atoms with Crippen molar-refractivity contribution < 1.29 is 9.18 Å². The molecule has 0 atom stereocenters. The minimum atomic E-state index is -0.322. The number of aromatic amines is 1. The monoisotopic (exact) mass is 269 g/mol. The van der Waals surface area contributed by atoms with Crippen LogP contribution in [0.3, 0.4) is 0 Å². The van der Waals surface area contributed by atoms with Gasteiger partial charge in [-0.25, -0.2) is 4.39 Å². The normalized spacial score (nSPS) is 10.7. The van der Waals surface area contributed by atoms with Gasteiger partial charge >= 0.3 is 0 Å². The summed E-state index contributed by atoms with van der Waals surface area (Å²) < 4.78 is 13.2. The van der Waals surface area contributed by atoms with Crippen molar-refractivity contribution in [1.29, 1.82) is 0 Å². The molecule has 5 heteroatoms. The number of amides is 1. The number of hydrogen-bond acceptors (Lipinski definition) is 2. The Morgan fingerprint density at radius 3 is 2.95 bits per heavy atom. The first-order valence-electron chi connectivity index (χ1n) is 6.15. The lowest BCUT2D eigenvalue weighted by Gasteiger charge is -2.07. The maximum Gasteiger partial charge on any atom is 0.255 e. The van der Waals surface area contributed by atoms with Gasteiger partial charge in [-0.1, -0.05) is 12.1 Å². The second-order valence-corrected chi connectivity index (χ2v) is 4.56. The lowest BCUT2D eigenvalue weighted by molar-refractivity contribution is 0.102. The van der Waals surface area contributed by atoms with Gasteiger partial charge in [-0.2, -0.15) is 5.10 Å². The largest absolute Gasteiger partial charge is 0.320 e. The van der Waals surface area contributed by atoms with Gasteiger partial charge in [0.25, 0.3) is 5.91 Å². The van der Waals surface area contributed by atoms with Crippen LogP contribution in [0.15, 0.2) is 42.6 Å². The van der Waals surface area contributed by atoms with Crippen LogP contribution >= 0.6 is 0 Å². The van der Waals surface area contributed by atoms with E-state index >= 15 is 0 Å². The summed E-state index contributed by atoms with van der Waals surface area (Å²) in [6.07, 6.45) is 1.69. The highest BCUT2D eigenvalue weighted by molar-refractivity contribution is 6.08. The van der Waals surface area contributed by atoms with Crippen molar-refractivity contribution in [3.8, 4) is 0 Å². The van der Waals surface area contributed by atoms with Gasteiger partial charge in [-0.15, -0.1) is 0 Å². The molecule has 20 heavy (non-hydrogen) atoms. The Balaban J connectivity index is 1.92. The number of H-pyrrole nitrogens is 1. The smallest absolute Gasteiger partial charge is 0.255 e. The molecule has 1 aromatic heterocycles. The van der Waals surface area contributed by atoms with Gasteiger partial charge in [0.05, 0.1) is 17.4 Å². The quantitative estimate of drug-likeness (QED) is 0.750. The fourth-order valence-electron chi connectivity index (χ4n) is 2.05. The van der Waals surface area contributed by atoms with Crippen molar-refractivity contribution in [2.45, 2.75) is 6.92 Å². The Bertz CT molecular complexity index is 795.